The van der Waals surface area contributed by atoms with Gasteiger partial charge >= 0.3 is 0 Å². The van der Waals surface area contributed by atoms with Gasteiger partial charge in [-0.15, -0.1) is 0 Å². The number of hydrogen-bond donors (Lipinski definition) is 4. The molecular weight excluding hydrogens is 708 g/mol. The van der Waals surface area contributed by atoms with Crippen molar-refractivity contribution < 1.29 is 37.8 Å². The number of aromatic nitrogens is 2. The molecule has 1 unspecified atom stereocenters. The summed E-state index contributed by atoms with van der Waals surface area (Å²) in [6, 6.07) is 6.62. The number of H-pyrrole nitrogens is 1. The SMILES string of the molecule is O=C1CCC(N2C(=O)c3cccc(NCCC(=O)NC4CCC(SCc5nc6cc(OCC7CCOCC7)cc(F)c6c(=O)[nH]5)CC4)c3C2=O)C(=O)N1. The molecule has 2 aromatic carbocycles. The van der Waals surface area contributed by atoms with Crippen LogP contribution < -0.4 is 26.2 Å². The van der Waals surface area contributed by atoms with E-state index in [1.807, 2.05) is 0 Å². The fourth-order valence-corrected chi connectivity index (χ4v) is 8.51. The second-order valence-electron chi connectivity index (χ2n) is 13.9. The molecule has 3 aliphatic heterocycles. The predicted molar refractivity (Wildman–Crippen MR) is 193 cm³/mol. The van der Waals surface area contributed by atoms with Crippen molar-refractivity contribution in [3.63, 3.8) is 0 Å². The number of thioether (sulfide) groups is 1. The van der Waals surface area contributed by atoms with E-state index in [2.05, 4.69) is 25.9 Å². The van der Waals surface area contributed by atoms with Crippen LogP contribution in [-0.4, -0.2) is 88.1 Å². The van der Waals surface area contributed by atoms with Gasteiger partial charge in [0, 0.05) is 61.7 Å². The Bertz CT molecular complexity index is 1990. The van der Waals surface area contributed by atoms with Crippen molar-refractivity contribution in [1.82, 2.24) is 25.5 Å². The van der Waals surface area contributed by atoms with Gasteiger partial charge in [0.05, 0.1) is 29.0 Å². The normalized spacial score (nSPS) is 22.1. The van der Waals surface area contributed by atoms with E-state index in [1.165, 1.54) is 12.1 Å². The largest absolute Gasteiger partial charge is 0.493 e. The summed E-state index contributed by atoms with van der Waals surface area (Å²) in [5.41, 5.74) is 0.450. The van der Waals surface area contributed by atoms with Crippen LogP contribution in [0, 0.1) is 11.7 Å². The molecule has 53 heavy (non-hydrogen) atoms. The summed E-state index contributed by atoms with van der Waals surface area (Å²) in [6.45, 7) is 2.06. The fraction of sp³-hybridized carbons (Fsp3) is 0.486. The number of benzene rings is 2. The number of fused-ring (bicyclic) bond motifs is 2. The van der Waals surface area contributed by atoms with Crippen LogP contribution in [0.4, 0.5) is 10.1 Å². The first-order valence-corrected chi connectivity index (χ1v) is 19.1. The monoisotopic (exact) mass is 748 g/mol. The number of imide groups is 2. The Kier molecular flexibility index (Phi) is 11.1. The third-order valence-corrected chi connectivity index (χ3v) is 11.6. The number of anilines is 1. The van der Waals surface area contributed by atoms with E-state index in [9.17, 15) is 33.2 Å². The van der Waals surface area contributed by atoms with Gasteiger partial charge in [0.2, 0.25) is 17.7 Å². The highest BCUT2D eigenvalue weighted by molar-refractivity contribution is 7.99. The minimum absolute atomic E-state index is 0.0164. The van der Waals surface area contributed by atoms with Gasteiger partial charge in [-0.25, -0.2) is 9.37 Å². The van der Waals surface area contributed by atoms with Crippen molar-refractivity contribution in [2.75, 3.05) is 31.7 Å². The van der Waals surface area contributed by atoms with E-state index in [1.54, 1.807) is 30.0 Å². The van der Waals surface area contributed by atoms with Gasteiger partial charge in [0.25, 0.3) is 17.4 Å². The Morgan fingerprint density at radius 2 is 1.81 bits per heavy atom. The van der Waals surface area contributed by atoms with Crippen molar-refractivity contribution >= 4 is 57.9 Å². The number of rotatable bonds is 12. The van der Waals surface area contributed by atoms with Gasteiger partial charge in [0.1, 0.15) is 28.8 Å². The summed E-state index contributed by atoms with van der Waals surface area (Å²) in [5.74, 6) is -1.51. The number of carbonyl (C=O) groups excluding carboxylic acids is 5. The van der Waals surface area contributed by atoms with E-state index < -0.39 is 41.0 Å². The van der Waals surface area contributed by atoms with Crippen LogP contribution in [0.1, 0.15) is 84.3 Å². The number of hydrogen-bond acceptors (Lipinski definition) is 11. The van der Waals surface area contributed by atoms with Gasteiger partial charge < -0.3 is 25.1 Å². The molecule has 2 saturated heterocycles. The standard InChI is InChI=1S/C37H41FN6O8S/c38-25-16-22(52-18-20-11-14-51-15-12-20)17-27-33(25)35(48)42-29(41-27)19-53-23-6-4-21(5-7-23)40-31(46)10-13-39-26-3-1-2-24-32(26)37(50)44(36(24)49)28-8-9-30(45)43-34(28)47/h1-3,16-17,20-21,23,28,39H,4-15,18-19H2,(H,40,46)(H,41,42,48)(H,43,45,47). The van der Waals surface area contributed by atoms with Crippen LogP contribution in [0.3, 0.4) is 0 Å². The molecule has 280 valence electrons. The maximum atomic E-state index is 14.9. The zero-order chi connectivity index (χ0) is 37.1. The molecule has 1 atom stereocenters. The van der Waals surface area contributed by atoms with Gasteiger partial charge in [-0.2, -0.15) is 11.8 Å². The number of halogens is 1. The van der Waals surface area contributed by atoms with Gasteiger partial charge in [0.15, 0.2) is 0 Å². The zero-order valence-corrected chi connectivity index (χ0v) is 29.9. The molecule has 14 nitrogen and oxygen atoms in total. The first-order valence-electron chi connectivity index (χ1n) is 18.1. The number of amides is 5. The molecule has 7 rings (SSSR count). The Hall–Kier alpha value is -4.83. The molecule has 3 aromatic rings. The lowest BCUT2D eigenvalue weighted by Crippen LogP contribution is -2.54. The summed E-state index contributed by atoms with van der Waals surface area (Å²) in [4.78, 5) is 84.1. The maximum Gasteiger partial charge on any atom is 0.264 e. The average molecular weight is 749 g/mol. The molecule has 0 bridgehead atoms. The summed E-state index contributed by atoms with van der Waals surface area (Å²) in [6.07, 6.45) is 5.33. The number of piperidine rings is 1. The van der Waals surface area contributed by atoms with E-state index in [4.69, 9.17) is 9.47 Å². The fourth-order valence-electron chi connectivity index (χ4n) is 7.37. The summed E-state index contributed by atoms with van der Waals surface area (Å²) in [5, 5.41) is 8.60. The molecule has 4 heterocycles. The Morgan fingerprint density at radius 1 is 1.02 bits per heavy atom. The lowest BCUT2D eigenvalue weighted by molar-refractivity contribution is -0.136. The molecule has 5 amide bonds. The maximum absolute atomic E-state index is 14.9. The number of aromatic amines is 1. The summed E-state index contributed by atoms with van der Waals surface area (Å²) < 4.78 is 26.1. The highest BCUT2D eigenvalue weighted by Gasteiger charge is 2.45. The second kappa shape index (κ2) is 16.0. The average Bonchev–Trinajstić information content (AvgIpc) is 3.40. The molecule has 0 spiro atoms. The predicted octanol–water partition coefficient (Wildman–Crippen LogP) is 3.43. The lowest BCUT2D eigenvalue weighted by Gasteiger charge is -2.28. The van der Waals surface area contributed by atoms with Gasteiger partial charge in [-0.05, 0) is 63.0 Å². The minimum Gasteiger partial charge on any atom is -0.493 e. The van der Waals surface area contributed by atoms with Gasteiger partial charge in [-0.1, -0.05) is 6.07 Å². The summed E-state index contributed by atoms with van der Waals surface area (Å²) >= 11 is 1.67. The number of ether oxygens (including phenoxy) is 2. The van der Waals surface area contributed by atoms with Crippen molar-refractivity contribution in [2.24, 2.45) is 5.92 Å². The Labute approximate surface area is 308 Å². The molecule has 4 N–H and O–H groups in total. The smallest absolute Gasteiger partial charge is 0.264 e. The molecule has 1 aliphatic carbocycles. The van der Waals surface area contributed by atoms with Gasteiger partial charge in [-0.3, -0.25) is 39.0 Å². The number of nitrogens with zero attached hydrogens (tertiary/aromatic N) is 2. The third kappa shape index (κ3) is 8.23. The third-order valence-electron chi connectivity index (χ3n) is 10.2. The molecule has 4 aliphatic rings. The van der Waals surface area contributed by atoms with Crippen LogP contribution >= 0.6 is 11.8 Å². The molecule has 1 aromatic heterocycles. The van der Waals surface area contributed by atoms with Crippen LogP contribution in [0.15, 0.2) is 35.1 Å². The van der Waals surface area contributed by atoms with Crippen molar-refractivity contribution in [2.45, 2.75) is 80.9 Å². The zero-order valence-electron chi connectivity index (χ0n) is 29.0. The van der Waals surface area contributed by atoms with E-state index in [0.29, 0.717) is 54.0 Å². The molecule has 1 saturated carbocycles. The van der Waals surface area contributed by atoms with Crippen molar-refractivity contribution in [3.8, 4) is 5.75 Å². The number of carbonyl (C=O) groups is 5. The number of nitrogens with one attached hydrogen (secondary N) is 4. The van der Waals surface area contributed by atoms with E-state index in [0.717, 1.165) is 43.4 Å². The summed E-state index contributed by atoms with van der Waals surface area (Å²) in [7, 11) is 0. The van der Waals surface area contributed by atoms with Crippen LogP contribution in [0.5, 0.6) is 5.75 Å². The first-order chi connectivity index (χ1) is 25.6. The second-order valence-corrected chi connectivity index (χ2v) is 15.2. The lowest BCUT2D eigenvalue weighted by atomic mass is 9.95. The van der Waals surface area contributed by atoms with Crippen LogP contribution in [0.2, 0.25) is 0 Å². The first kappa shape index (κ1) is 36.5. The topological polar surface area (TPSA) is 189 Å². The molecular formula is C37H41FN6O8S. The highest BCUT2D eigenvalue weighted by atomic mass is 32.2. The van der Waals surface area contributed by atoms with E-state index >= 15 is 0 Å². The van der Waals surface area contributed by atoms with Crippen molar-refractivity contribution in [1.29, 1.82) is 0 Å². The van der Waals surface area contributed by atoms with Crippen LogP contribution in [-0.2, 0) is 24.9 Å². The Balaban J connectivity index is 0.859. The Morgan fingerprint density at radius 3 is 2.58 bits per heavy atom. The van der Waals surface area contributed by atoms with Crippen LogP contribution in [0.25, 0.3) is 10.9 Å². The quantitative estimate of drug-likeness (QED) is 0.199. The molecule has 16 heteroatoms. The molecule has 0 radical (unpaired) electrons. The minimum atomic E-state index is -1.06. The molecule has 3 fully saturated rings. The van der Waals surface area contributed by atoms with E-state index in [-0.39, 0.29) is 59.8 Å². The van der Waals surface area contributed by atoms with Crippen molar-refractivity contribution in [3.05, 3.63) is 63.5 Å². The highest BCUT2D eigenvalue weighted by Crippen LogP contribution is 2.33.